The van der Waals surface area contributed by atoms with Gasteiger partial charge in [0.15, 0.2) is 5.13 Å². The molecule has 1 N–H and O–H groups in total. The van der Waals surface area contributed by atoms with Gasteiger partial charge in [-0.25, -0.2) is 13.4 Å². The molecular weight excluding hydrogens is 528 g/mol. The van der Waals surface area contributed by atoms with Gasteiger partial charge in [-0.2, -0.15) is 0 Å². The molecule has 7 nitrogen and oxygen atoms in total. The average molecular weight is 559 g/mol. The second-order valence-corrected chi connectivity index (χ2v) is 11.7. The normalized spacial score (nSPS) is 11.4. The quantitative estimate of drug-likeness (QED) is 0.283. The fraction of sp³-hybridized carbons (Fsp3) is 0.259. The zero-order valence-corrected chi connectivity index (χ0v) is 23.7. The van der Waals surface area contributed by atoms with Crippen molar-refractivity contribution < 1.29 is 13.2 Å². The average Bonchev–Trinajstić information content (AvgIpc) is 3.24. The van der Waals surface area contributed by atoms with Crippen LogP contribution in [-0.2, 0) is 10.0 Å². The predicted molar refractivity (Wildman–Crippen MR) is 155 cm³/mol. The first-order valence-corrected chi connectivity index (χ1v) is 14.0. The predicted octanol–water partition coefficient (Wildman–Crippen LogP) is 5.73. The number of halogens is 1. The smallest absolute Gasteiger partial charge is 0.261 e. The maximum atomic E-state index is 13.7. The molecule has 4 aromatic rings. The van der Waals surface area contributed by atoms with E-state index < -0.39 is 10.0 Å². The number of amides is 1. The number of thiazole rings is 1. The topological polar surface area (TPSA) is 82.6 Å². The van der Waals surface area contributed by atoms with Crippen LogP contribution in [0.4, 0.5) is 10.8 Å². The van der Waals surface area contributed by atoms with Crippen LogP contribution in [0, 0.1) is 13.8 Å². The number of carbonyl (C=O) groups is 1. The summed E-state index contributed by atoms with van der Waals surface area (Å²) < 4.78 is 29.2. The minimum absolute atomic E-state index is 0. The molecule has 0 unspecified atom stereocenters. The van der Waals surface area contributed by atoms with Crippen LogP contribution >= 0.6 is 23.7 Å². The van der Waals surface area contributed by atoms with Crippen molar-refractivity contribution in [3.05, 3.63) is 83.4 Å². The van der Waals surface area contributed by atoms with Gasteiger partial charge in [0.2, 0.25) is 0 Å². The van der Waals surface area contributed by atoms with Crippen molar-refractivity contribution in [1.82, 2.24) is 9.88 Å². The Labute approximate surface area is 228 Å². The first-order chi connectivity index (χ1) is 17.1. The zero-order valence-electron chi connectivity index (χ0n) is 21.3. The molecule has 0 radical (unpaired) electrons. The number of hydrogen-bond acceptors (Lipinski definition) is 6. The molecule has 0 aliphatic rings. The number of sulfonamides is 1. The molecule has 0 saturated carbocycles. The molecular formula is C27H31ClN4O3S2. The maximum absolute atomic E-state index is 13.7. The Bertz CT molecular complexity index is 1450. The number of fused-ring (bicyclic) bond motifs is 1. The number of nitrogens with zero attached hydrogens (tertiary/aromatic N) is 3. The zero-order chi connectivity index (χ0) is 25.9. The molecule has 0 aliphatic heterocycles. The van der Waals surface area contributed by atoms with Crippen LogP contribution in [0.25, 0.3) is 10.2 Å². The van der Waals surface area contributed by atoms with E-state index in [1.54, 1.807) is 47.4 Å². The Kier molecular flexibility index (Phi) is 9.31. The summed E-state index contributed by atoms with van der Waals surface area (Å²) in [5.41, 5.74) is 3.92. The van der Waals surface area contributed by atoms with Crippen LogP contribution in [-0.4, -0.2) is 51.4 Å². The van der Waals surface area contributed by atoms with Gasteiger partial charge < -0.3 is 4.90 Å². The van der Waals surface area contributed by atoms with Crippen molar-refractivity contribution in [3.8, 4) is 0 Å². The second kappa shape index (κ2) is 12.0. The maximum Gasteiger partial charge on any atom is 0.261 e. The third kappa shape index (κ3) is 6.87. The van der Waals surface area contributed by atoms with Crippen LogP contribution in [0.15, 0.2) is 71.6 Å². The number of nitrogens with one attached hydrogen (secondary N) is 1. The summed E-state index contributed by atoms with van der Waals surface area (Å²) in [6.07, 6.45) is 0.771. The van der Waals surface area contributed by atoms with Crippen molar-refractivity contribution in [2.75, 3.05) is 36.8 Å². The van der Waals surface area contributed by atoms with E-state index in [4.69, 9.17) is 4.98 Å². The third-order valence-electron chi connectivity index (χ3n) is 5.87. The summed E-state index contributed by atoms with van der Waals surface area (Å²) in [5, 5.41) is 0.633. The number of benzene rings is 3. The minimum Gasteiger partial charge on any atom is -0.309 e. The van der Waals surface area contributed by atoms with Crippen molar-refractivity contribution in [1.29, 1.82) is 0 Å². The number of rotatable bonds is 9. The van der Waals surface area contributed by atoms with Gasteiger partial charge >= 0.3 is 0 Å². The Balaban J connectivity index is 0.00000380. The van der Waals surface area contributed by atoms with E-state index in [9.17, 15) is 13.2 Å². The van der Waals surface area contributed by atoms with Gasteiger partial charge in [-0.1, -0.05) is 35.6 Å². The van der Waals surface area contributed by atoms with E-state index in [2.05, 4.69) is 29.5 Å². The number of aromatic nitrogens is 1. The van der Waals surface area contributed by atoms with Crippen molar-refractivity contribution >= 4 is 60.7 Å². The van der Waals surface area contributed by atoms with Crippen LogP contribution in [0.1, 0.15) is 27.9 Å². The van der Waals surface area contributed by atoms with Gasteiger partial charge in [0.05, 0.1) is 15.1 Å². The van der Waals surface area contributed by atoms with Crippen molar-refractivity contribution in [2.24, 2.45) is 0 Å². The molecule has 0 aliphatic carbocycles. The van der Waals surface area contributed by atoms with Gasteiger partial charge in [-0.05, 0) is 94.5 Å². The van der Waals surface area contributed by atoms with Gasteiger partial charge in [0.25, 0.3) is 15.9 Å². The Morgan fingerprint density at radius 3 is 2.35 bits per heavy atom. The molecule has 10 heteroatoms. The lowest BCUT2D eigenvalue weighted by Crippen LogP contribution is -2.33. The van der Waals surface area contributed by atoms with Gasteiger partial charge in [0, 0.05) is 17.8 Å². The van der Waals surface area contributed by atoms with E-state index >= 15 is 0 Å². The molecule has 0 saturated heterocycles. The molecule has 0 fully saturated rings. The van der Waals surface area contributed by atoms with Crippen LogP contribution in [0.3, 0.4) is 0 Å². The van der Waals surface area contributed by atoms with Crippen molar-refractivity contribution in [2.45, 2.75) is 25.2 Å². The van der Waals surface area contributed by atoms with Crippen LogP contribution in [0.2, 0.25) is 0 Å². The van der Waals surface area contributed by atoms with Gasteiger partial charge in [-0.15, -0.1) is 12.4 Å². The summed E-state index contributed by atoms with van der Waals surface area (Å²) in [7, 11) is 0.227. The fourth-order valence-electron chi connectivity index (χ4n) is 3.80. The fourth-order valence-corrected chi connectivity index (χ4v) is 5.94. The highest BCUT2D eigenvalue weighted by molar-refractivity contribution is 7.92. The Morgan fingerprint density at radius 1 is 0.946 bits per heavy atom. The molecule has 37 heavy (non-hydrogen) atoms. The monoisotopic (exact) mass is 558 g/mol. The first-order valence-electron chi connectivity index (χ1n) is 11.7. The van der Waals surface area contributed by atoms with Gasteiger partial charge in [0.1, 0.15) is 0 Å². The van der Waals surface area contributed by atoms with E-state index in [1.165, 1.54) is 29.0 Å². The summed E-state index contributed by atoms with van der Waals surface area (Å²) in [4.78, 5) is 22.4. The Hall–Kier alpha value is -2.98. The van der Waals surface area contributed by atoms with E-state index in [1.807, 2.05) is 20.2 Å². The number of hydrogen-bond donors (Lipinski definition) is 1. The molecule has 0 atom stereocenters. The lowest BCUT2D eigenvalue weighted by atomic mass is 10.1. The molecule has 1 aromatic heterocycles. The first kappa shape index (κ1) is 28.6. The highest BCUT2D eigenvalue weighted by atomic mass is 35.5. The number of anilines is 2. The van der Waals surface area contributed by atoms with Gasteiger partial charge in [-0.3, -0.25) is 14.4 Å². The molecule has 0 spiro atoms. The standard InChI is InChI=1S/C27H30N4O3S2.ClH/c1-19-16-24-25(17-20(19)2)35-27(28-24)31(15-9-14-30(3)4)26(32)21-10-8-11-22(18-21)29-36(33,34)23-12-6-5-7-13-23;/h5-8,10-13,16-18,29H,9,14-15H2,1-4H3;1H. The van der Waals surface area contributed by atoms with E-state index in [0.29, 0.717) is 22.9 Å². The van der Waals surface area contributed by atoms with Crippen LogP contribution < -0.4 is 9.62 Å². The highest BCUT2D eigenvalue weighted by Gasteiger charge is 2.22. The van der Waals surface area contributed by atoms with Crippen LogP contribution in [0.5, 0.6) is 0 Å². The number of aryl methyl sites for hydroxylation is 2. The lowest BCUT2D eigenvalue weighted by molar-refractivity contribution is 0.0986. The summed E-state index contributed by atoms with van der Waals surface area (Å²) >= 11 is 1.49. The van der Waals surface area contributed by atoms with E-state index in [0.717, 1.165) is 28.7 Å². The lowest BCUT2D eigenvalue weighted by Gasteiger charge is -2.21. The molecule has 1 heterocycles. The highest BCUT2D eigenvalue weighted by Crippen LogP contribution is 2.32. The number of carbonyl (C=O) groups excluding carboxylic acids is 1. The second-order valence-electron chi connectivity index (χ2n) is 9.01. The van der Waals surface area contributed by atoms with Crippen molar-refractivity contribution in [3.63, 3.8) is 0 Å². The molecule has 3 aromatic carbocycles. The largest absolute Gasteiger partial charge is 0.309 e. The molecule has 1 amide bonds. The third-order valence-corrected chi connectivity index (χ3v) is 8.31. The molecule has 4 rings (SSSR count). The summed E-state index contributed by atoms with van der Waals surface area (Å²) in [6, 6.07) is 18.9. The summed E-state index contributed by atoms with van der Waals surface area (Å²) in [6.45, 7) is 5.44. The molecule has 196 valence electrons. The molecule has 0 bridgehead atoms. The minimum atomic E-state index is -3.77. The summed E-state index contributed by atoms with van der Waals surface area (Å²) in [5.74, 6) is -0.220. The Morgan fingerprint density at radius 2 is 1.65 bits per heavy atom. The van der Waals surface area contributed by atoms with E-state index in [-0.39, 0.29) is 23.2 Å². The SMILES string of the molecule is Cc1cc2nc(N(CCCN(C)C)C(=O)c3cccc(NS(=O)(=O)c4ccccc4)c3)sc2cc1C.Cl.